The third-order valence-corrected chi connectivity index (χ3v) is 4.36. The standard InChI is InChI=1S/C16H27N3O/c1-4-16(20)15-8-7-13(11-17-15)19-10-9-14(12-19)18(5-2)6-3/h7-8,11,14,16,20H,4-6,9-10,12H2,1-3H3/t14?,16-/m0/s1. The Hall–Kier alpha value is -1.13. The Morgan fingerprint density at radius 2 is 2.10 bits per heavy atom. The molecule has 0 saturated carbocycles. The van der Waals surface area contributed by atoms with Crippen LogP contribution in [0.15, 0.2) is 18.3 Å². The Labute approximate surface area is 122 Å². The lowest BCUT2D eigenvalue weighted by Crippen LogP contribution is -2.37. The minimum atomic E-state index is -0.439. The summed E-state index contributed by atoms with van der Waals surface area (Å²) in [6, 6.07) is 4.70. The van der Waals surface area contributed by atoms with Crippen LogP contribution in [0.5, 0.6) is 0 Å². The van der Waals surface area contributed by atoms with Crippen molar-refractivity contribution in [2.24, 2.45) is 0 Å². The minimum absolute atomic E-state index is 0.439. The molecule has 0 amide bonds. The average Bonchev–Trinajstić information content (AvgIpc) is 2.97. The highest BCUT2D eigenvalue weighted by Crippen LogP contribution is 2.24. The van der Waals surface area contributed by atoms with E-state index in [9.17, 15) is 5.11 Å². The first-order valence-corrected chi connectivity index (χ1v) is 7.82. The second-order valence-corrected chi connectivity index (χ2v) is 5.48. The number of aliphatic hydroxyl groups is 1. The molecule has 1 aliphatic rings. The molecule has 0 bridgehead atoms. The number of likely N-dealkylation sites (N-methyl/N-ethyl adjacent to an activating group) is 1. The maximum atomic E-state index is 9.78. The van der Waals surface area contributed by atoms with Crippen LogP contribution in [0.1, 0.15) is 45.4 Å². The van der Waals surface area contributed by atoms with Gasteiger partial charge in [-0.1, -0.05) is 20.8 Å². The number of anilines is 1. The molecule has 1 aromatic rings. The van der Waals surface area contributed by atoms with Crippen LogP contribution in [0.2, 0.25) is 0 Å². The summed E-state index contributed by atoms with van der Waals surface area (Å²) in [5.41, 5.74) is 1.95. The molecule has 2 heterocycles. The van der Waals surface area contributed by atoms with Crippen molar-refractivity contribution in [3.63, 3.8) is 0 Å². The van der Waals surface area contributed by atoms with Gasteiger partial charge in [0.05, 0.1) is 23.7 Å². The molecular weight excluding hydrogens is 250 g/mol. The Bertz CT molecular complexity index is 403. The molecule has 0 spiro atoms. The monoisotopic (exact) mass is 277 g/mol. The van der Waals surface area contributed by atoms with E-state index in [2.05, 4.69) is 34.7 Å². The maximum absolute atomic E-state index is 9.78. The van der Waals surface area contributed by atoms with Crippen molar-refractivity contribution in [2.75, 3.05) is 31.1 Å². The van der Waals surface area contributed by atoms with Gasteiger partial charge in [0.1, 0.15) is 0 Å². The summed E-state index contributed by atoms with van der Waals surface area (Å²) in [4.78, 5) is 9.33. The number of hydrogen-bond acceptors (Lipinski definition) is 4. The zero-order valence-electron chi connectivity index (χ0n) is 12.9. The Morgan fingerprint density at radius 3 is 2.65 bits per heavy atom. The molecule has 2 atom stereocenters. The van der Waals surface area contributed by atoms with Gasteiger partial charge in [-0.15, -0.1) is 0 Å². The molecular formula is C16H27N3O. The van der Waals surface area contributed by atoms with E-state index in [1.807, 2.05) is 19.2 Å². The van der Waals surface area contributed by atoms with Crippen molar-refractivity contribution < 1.29 is 5.11 Å². The molecule has 1 aromatic heterocycles. The summed E-state index contributed by atoms with van der Waals surface area (Å²) in [6.07, 6.45) is 3.39. The number of pyridine rings is 1. The zero-order valence-corrected chi connectivity index (χ0v) is 12.9. The first-order chi connectivity index (χ1) is 9.69. The van der Waals surface area contributed by atoms with Crippen LogP contribution in [0.25, 0.3) is 0 Å². The van der Waals surface area contributed by atoms with Gasteiger partial charge < -0.3 is 10.0 Å². The van der Waals surface area contributed by atoms with Crippen LogP contribution >= 0.6 is 0 Å². The number of aromatic nitrogens is 1. The van der Waals surface area contributed by atoms with Crippen LogP contribution in [0, 0.1) is 0 Å². The maximum Gasteiger partial charge on any atom is 0.0957 e. The molecule has 4 nitrogen and oxygen atoms in total. The van der Waals surface area contributed by atoms with Crippen molar-refractivity contribution in [1.29, 1.82) is 0 Å². The van der Waals surface area contributed by atoms with Gasteiger partial charge in [-0.2, -0.15) is 0 Å². The van der Waals surface area contributed by atoms with Crippen LogP contribution in [0.3, 0.4) is 0 Å². The van der Waals surface area contributed by atoms with Crippen molar-refractivity contribution in [2.45, 2.75) is 45.8 Å². The lowest BCUT2D eigenvalue weighted by molar-refractivity contribution is 0.169. The van der Waals surface area contributed by atoms with Crippen LogP contribution in [-0.2, 0) is 0 Å². The molecule has 20 heavy (non-hydrogen) atoms. The summed E-state index contributed by atoms with van der Waals surface area (Å²) >= 11 is 0. The van der Waals surface area contributed by atoms with Gasteiger partial charge >= 0.3 is 0 Å². The van der Waals surface area contributed by atoms with Crippen molar-refractivity contribution in [3.8, 4) is 0 Å². The number of hydrogen-bond donors (Lipinski definition) is 1. The largest absolute Gasteiger partial charge is 0.387 e. The third-order valence-electron chi connectivity index (χ3n) is 4.36. The topological polar surface area (TPSA) is 39.6 Å². The van der Waals surface area contributed by atoms with Gasteiger partial charge in [0.2, 0.25) is 0 Å². The van der Waals surface area contributed by atoms with Crippen molar-refractivity contribution >= 4 is 5.69 Å². The van der Waals surface area contributed by atoms with E-state index in [0.29, 0.717) is 12.5 Å². The van der Waals surface area contributed by atoms with E-state index in [1.165, 1.54) is 12.1 Å². The molecule has 0 aliphatic carbocycles. The Balaban J connectivity index is 1.99. The lowest BCUT2D eigenvalue weighted by Gasteiger charge is -2.26. The number of rotatable bonds is 6. The highest BCUT2D eigenvalue weighted by atomic mass is 16.3. The predicted octanol–water partition coefficient (Wildman–Crippen LogP) is 2.45. The smallest absolute Gasteiger partial charge is 0.0957 e. The van der Waals surface area contributed by atoms with Gasteiger partial charge in [0.25, 0.3) is 0 Å². The number of nitrogens with zero attached hydrogens (tertiary/aromatic N) is 3. The van der Waals surface area contributed by atoms with E-state index >= 15 is 0 Å². The van der Waals surface area contributed by atoms with Crippen molar-refractivity contribution in [3.05, 3.63) is 24.0 Å². The molecule has 1 N–H and O–H groups in total. The summed E-state index contributed by atoms with van der Waals surface area (Å²) in [7, 11) is 0. The molecule has 1 aliphatic heterocycles. The summed E-state index contributed by atoms with van der Waals surface area (Å²) in [5.74, 6) is 0. The molecule has 1 unspecified atom stereocenters. The number of aliphatic hydroxyl groups excluding tert-OH is 1. The van der Waals surface area contributed by atoms with Gasteiger partial charge in [-0.3, -0.25) is 9.88 Å². The molecule has 0 aromatic carbocycles. The molecule has 1 saturated heterocycles. The molecule has 2 rings (SSSR count). The molecule has 4 heteroatoms. The van der Waals surface area contributed by atoms with Gasteiger partial charge in [0, 0.05) is 19.1 Å². The fourth-order valence-corrected chi connectivity index (χ4v) is 3.01. The van der Waals surface area contributed by atoms with E-state index in [4.69, 9.17) is 0 Å². The third kappa shape index (κ3) is 3.30. The van der Waals surface area contributed by atoms with E-state index in [0.717, 1.165) is 31.9 Å². The minimum Gasteiger partial charge on any atom is -0.387 e. The fourth-order valence-electron chi connectivity index (χ4n) is 3.01. The van der Waals surface area contributed by atoms with Crippen LogP contribution < -0.4 is 4.90 Å². The summed E-state index contributed by atoms with van der Waals surface area (Å²) in [6.45, 7) is 10.8. The normalized spacial score (nSPS) is 20.6. The Morgan fingerprint density at radius 1 is 1.35 bits per heavy atom. The van der Waals surface area contributed by atoms with Gasteiger partial charge in [-0.05, 0) is 38.1 Å². The lowest BCUT2D eigenvalue weighted by atomic mass is 10.2. The highest BCUT2D eigenvalue weighted by Gasteiger charge is 2.26. The molecule has 112 valence electrons. The predicted molar refractivity (Wildman–Crippen MR) is 83.0 cm³/mol. The first kappa shape index (κ1) is 15.3. The molecule has 1 fully saturated rings. The fraction of sp³-hybridized carbons (Fsp3) is 0.688. The average molecular weight is 277 g/mol. The van der Waals surface area contributed by atoms with Crippen LogP contribution in [0.4, 0.5) is 5.69 Å². The second kappa shape index (κ2) is 7.04. The van der Waals surface area contributed by atoms with E-state index < -0.39 is 6.10 Å². The SMILES string of the molecule is CC[C@H](O)c1ccc(N2CCC(N(CC)CC)C2)cn1. The Kier molecular flexibility index (Phi) is 5.38. The van der Waals surface area contributed by atoms with Crippen molar-refractivity contribution in [1.82, 2.24) is 9.88 Å². The zero-order chi connectivity index (χ0) is 14.5. The highest BCUT2D eigenvalue weighted by molar-refractivity contribution is 5.46. The van der Waals surface area contributed by atoms with E-state index in [1.54, 1.807) is 0 Å². The molecule has 0 radical (unpaired) electrons. The quantitative estimate of drug-likeness (QED) is 0.867. The summed E-state index contributed by atoms with van der Waals surface area (Å²) < 4.78 is 0. The summed E-state index contributed by atoms with van der Waals surface area (Å²) in [5, 5.41) is 9.78. The van der Waals surface area contributed by atoms with Gasteiger partial charge in [0.15, 0.2) is 0 Å². The van der Waals surface area contributed by atoms with Crippen LogP contribution in [-0.4, -0.2) is 47.2 Å². The van der Waals surface area contributed by atoms with Gasteiger partial charge in [-0.25, -0.2) is 0 Å². The first-order valence-electron chi connectivity index (χ1n) is 7.82. The second-order valence-electron chi connectivity index (χ2n) is 5.48. The van der Waals surface area contributed by atoms with E-state index in [-0.39, 0.29) is 0 Å².